The first-order chi connectivity index (χ1) is 11.1. The van der Waals surface area contributed by atoms with E-state index in [0.29, 0.717) is 41.0 Å². The molecule has 1 aromatic carbocycles. The molecule has 7 heteroatoms. The SMILES string of the molecule is Cc1ccc(C(=O)NCCc2nc(-c3ccco3)n[nH]2)cc1Cl. The Morgan fingerprint density at radius 2 is 2.26 bits per heavy atom. The van der Waals surface area contributed by atoms with Crippen molar-refractivity contribution in [2.45, 2.75) is 13.3 Å². The number of halogens is 1. The molecule has 0 aliphatic carbocycles. The fraction of sp³-hybridized carbons (Fsp3) is 0.188. The van der Waals surface area contributed by atoms with E-state index in [1.54, 1.807) is 30.5 Å². The zero-order valence-corrected chi connectivity index (χ0v) is 13.2. The molecule has 0 bridgehead atoms. The Kier molecular flexibility index (Phi) is 4.43. The maximum absolute atomic E-state index is 12.1. The molecule has 0 spiro atoms. The van der Waals surface area contributed by atoms with Gasteiger partial charge in [-0.2, -0.15) is 5.10 Å². The van der Waals surface area contributed by atoms with E-state index in [1.807, 2.05) is 13.0 Å². The van der Waals surface area contributed by atoms with Gasteiger partial charge in [0.1, 0.15) is 5.82 Å². The number of rotatable bonds is 5. The number of benzene rings is 1. The van der Waals surface area contributed by atoms with E-state index in [0.717, 1.165) is 5.56 Å². The van der Waals surface area contributed by atoms with Gasteiger partial charge in [-0.05, 0) is 36.8 Å². The fourth-order valence-corrected chi connectivity index (χ4v) is 2.23. The highest BCUT2D eigenvalue weighted by atomic mass is 35.5. The number of aromatic nitrogens is 3. The first-order valence-corrected chi connectivity index (χ1v) is 7.51. The first-order valence-electron chi connectivity index (χ1n) is 7.13. The number of furan rings is 1. The lowest BCUT2D eigenvalue weighted by Gasteiger charge is -2.05. The van der Waals surface area contributed by atoms with Crippen LogP contribution in [0.25, 0.3) is 11.6 Å². The molecule has 3 rings (SSSR count). The number of aryl methyl sites for hydroxylation is 1. The van der Waals surface area contributed by atoms with Crippen molar-refractivity contribution in [3.05, 3.63) is 58.6 Å². The number of hydrogen-bond acceptors (Lipinski definition) is 4. The smallest absolute Gasteiger partial charge is 0.251 e. The maximum Gasteiger partial charge on any atom is 0.251 e. The van der Waals surface area contributed by atoms with Gasteiger partial charge >= 0.3 is 0 Å². The van der Waals surface area contributed by atoms with Crippen LogP contribution < -0.4 is 5.32 Å². The van der Waals surface area contributed by atoms with Crippen LogP contribution in [0.2, 0.25) is 5.02 Å². The second-order valence-corrected chi connectivity index (χ2v) is 5.46. The molecule has 0 aliphatic rings. The molecule has 0 radical (unpaired) electrons. The van der Waals surface area contributed by atoms with Crippen LogP contribution >= 0.6 is 11.6 Å². The van der Waals surface area contributed by atoms with Gasteiger partial charge in [-0.1, -0.05) is 17.7 Å². The van der Waals surface area contributed by atoms with Gasteiger partial charge in [-0.15, -0.1) is 0 Å². The van der Waals surface area contributed by atoms with Gasteiger partial charge in [0, 0.05) is 23.6 Å². The maximum atomic E-state index is 12.1. The zero-order valence-electron chi connectivity index (χ0n) is 12.5. The predicted molar refractivity (Wildman–Crippen MR) is 86.3 cm³/mol. The topological polar surface area (TPSA) is 83.8 Å². The van der Waals surface area contributed by atoms with E-state index < -0.39 is 0 Å². The van der Waals surface area contributed by atoms with E-state index in [4.69, 9.17) is 16.0 Å². The third-order valence-electron chi connectivity index (χ3n) is 3.35. The van der Waals surface area contributed by atoms with Crippen molar-refractivity contribution in [1.82, 2.24) is 20.5 Å². The summed E-state index contributed by atoms with van der Waals surface area (Å²) in [7, 11) is 0. The second-order valence-electron chi connectivity index (χ2n) is 5.05. The summed E-state index contributed by atoms with van der Waals surface area (Å²) in [6, 6.07) is 8.80. The number of hydrogen-bond donors (Lipinski definition) is 2. The van der Waals surface area contributed by atoms with Crippen LogP contribution in [0.3, 0.4) is 0 Å². The van der Waals surface area contributed by atoms with Crippen molar-refractivity contribution in [1.29, 1.82) is 0 Å². The lowest BCUT2D eigenvalue weighted by molar-refractivity contribution is 0.0954. The largest absolute Gasteiger partial charge is 0.461 e. The summed E-state index contributed by atoms with van der Waals surface area (Å²) in [6.45, 7) is 2.33. The summed E-state index contributed by atoms with van der Waals surface area (Å²) in [5, 5.41) is 10.3. The molecule has 6 nitrogen and oxygen atoms in total. The number of carbonyl (C=O) groups excluding carboxylic acids is 1. The van der Waals surface area contributed by atoms with E-state index in [9.17, 15) is 4.79 Å². The highest BCUT2D eigenvalue weighted by molar-refractivity contribution is 6.31. The Bertz CT molecular complexity index is 811. The molecule has 0 fully saturated rings. The molecule has 0 saturated carbocycles. The van der Waals surface area contributed by atoms with Crippen LogP contribution in [0.5, 0.6) is 0 Å². The molecule has 0 unspecified atom stereocenters. The van der Waals surface area contributed by atoms with Crippen LogP contribution in [0.4, 0.5) is 0 Å². The van der Waals surface area contributed by atoms with Crippen molar-refractivity contribution in [3.63, 3.8) is 0 Å². The van der Waals surface area contributed by atoms with Crippen molar-refractivity contribution < 1.29 is 9.21 Å². The third kappa shape index (κ3) is 3.60. The summed E-state index contributed by atoms with van der Waals surface area (Å²) < 4.78 is 5.23. The van der Waals surface area contributed by atoms with Gasteiger partial charge in [0.2, 0.25) is 5.82 Å². The Hall–Kier alpha value is -2.60. The van der Waals surface area contributed by atoms with Gasteiger partial charge in [-0.3, -0.25) is 9.89 Å². The molecule has 118 valence electrons. The average molecular weight is 331 g/mol. The van der Waals surface area contributed by atoms with Gasteiger partial charge in [0.25, 0.3) is 5.91 Å². The van der Waals surface area contributed by atoms with E-state index in [1.165, 1.54) is 0 Å². The van der Waals surface area contributed by atoms with Crippen LogP contribution in [0.15, 0.2) is 41.0 Å². The van der Waals surface area contributed by atoms with E-state index >= 15 is 0 Å². The zero-order chi connectivity index (χ0) is 16.2. The Morgan fingerprint density at radius 1 is 1.39 bits per heavy atom. The summed E-state index contributed by atoms with van der Waals surface area (Å²) >= 11 is 6.03. The van der Waals surface area contributed by atoms with Crippen molar-refractivity contribution in [2.24, 2.45) is 0 Å². The fourth-order valence-electron chi connectivity index (χ4n) is 2.05. The Balaban J connectivity index is 1.55. The lowest BCUT2D eigenvalue weighted by atomic mass is 10.1. The van der Waals surface area contributed by atoms with Crippen LogP contribution in [0, 0.1) is 6.92 Å². The lowest BCUT2D eigenvalue weighted by Crippen LogP contribution is -2.26. The predicted octanol–water partition coefficient (Wildman–Crippen LogP) is 3.00. The third-order valence-corrected chi connectivity index (χ3v) is 3.76. The molecule has 0 saturated heterocycles. The van der Waals surface area contributed by atoms with Crippen LogP contribution in [0.1, 0.15) is 21.7 Å². The Morgan fingerprint density at radius 3 is 3.00 bits per heavy atom. The monoisotopic (exact) mass is 330 g/mol. The quantitative estimate of drug-likeness (QED) is 0.753. The van der Waals surface area contributed by atoms with Gasteiger partial charge < -0.3 is 9.73 Å². The number of carbonyl (C=O) groups is 1. The molecular formula is C16H15ClN4O2. The summed E-state index contributed by atoms with van der Waals surface area (Å²) in [4.78, 5) is 16.4. The van der Waals surface area contributed by atoms with Gasteiger partial charge in [0.15, 0.2) is 5.76 Å². The van der Waals surface area contributed by atoms with Crippen molar-refractivity contribution >= 4 is 17.5 Å². The summed E-state index contributed by atoms with van der Waals surface area (Å²) in [5.74, 6) is 1.61. The van der Waals surface area contributed by atoms with E-state index in [2.05, 4.69) is 20.5 Å². The molecule has 0 aliphatic heterocycles. The molecule has 2 heterocycles. The van der Waals surface area contributed by atoms with Crippen LogP contribution in [-0.2, 0) is 6.42 Å². The Labute approximate surface area is 137 Å². The number of H-pyrrole nitrogens is 1. The first kappa shape index (κ1) is 15.3. The minimum absolute atomic E-state index is 0.169. The molecule has 3 aromatic rings. The van der Waals surface area contributed by atoms with Gasteiger partial charge in [0.05, 0.1) is 6.26 Å². The summed E-state index contributed by atoms with van der Waals surface area (Å²) in [6.07, 6.45) is 2.11. The molecule has 2 N–H and O–H groups in total. The van der Waals surface area contributed by atoms with Gasteiger partial charge in [-0.25, -0.2) is 4.98 Å². The standard InChI is InChI=1S/C16H15ClN4O2/c1-10-4-5-11(9-12(10)17)16(22)18-7-6-14-19-15(21-20-14)13-3-2-8-23-13/h2-5,8-9H,6-7H2,1H3,(H,18,22)(H,19,20,21). The molecular weight excluding hydrogens is 316 g/mol. The minimum Gasteiger partial charge on any atom is -0.461 e. The summed E-state index contributed by atoms with van der Waals surface area (Å²) in [5.41, 5.74) is 1.48. The second kappa shape index (κ2) is 6.66. The van der Waals surface area contributed by atoms with Crippen molar-refractivity contribution in [2.75, 3.05) is 6.54 Å². The highest BCUT2D eigenvalue weighted by Crippen LogP contribution is 2.17. The number of nitrogens with one attached hydrogen (secondary N) is 2. The normalized spacial score (nSPS) is 10.7. The average Bonchev–Trinajstić information content (AvgIpc) is 3.20. The number of nitrogens with zero attached hydrogens (tertiary/aromatic N) is 2. The van der Waals surface area contributed by atoms with Crippen molar-refractivity contribution in [3.8, 4) is 11.6 Å². The van der Waals surface area contributed by atoms with Crippen LogP contribution in [-0.4, -0.2) is 27.6 Å². The molecule has 23 heavy (non-hydrogen) atoms. The minimum atomic E-state index is -0.169. The molecule has 0 atom stereocenters. The van der Waals surface area contributed by atoms with E-state index in [-0.39, 0.29) is 5.91 Å². The highest BCUT2D eigenvalue weighted by Gasteiger charge is 2.10. The molecule has 1 amide bonds. The molecule has 2 aromatic heterocycles. The number of aromatic amines is 1. The number of amides is 1.